The molecule has 3 aromatic rings. The number of aromatic hydroxyl groups is 3. The van der Waals surface area contributed by atoms with Crippen molar-refractivity contribution in [2.75, 3.05) is 7.05 Å². The molecule has 0 fully saturated rings. The molecule has 0 atom stereocenters. The van der Waals surface area contributed by atoms with Crippen LogP contribution in [0.4, 0.5) is 0 Å². The maximum Gasteiger partial charge on any atom is 0.251 e. The number of hydrogen-bond acceptors (Lipinski definition) is 5. The molecule has 0 spiro atoms. The van der Waals surface area contributed by atoms with Crippen molar-refractivity contribution in [3.8, 4) is 28.6 Å². The fraction of sp³-hybridized carbons (Fsp3) is 0.0625. The Bertz CT molecular complexity index is 861. The third-order valence-electron chi connectivity index (χ3n) is 3.28. The SMILES string of the molecule is CNC(=O)c1cc(O)cc2oc(-c3cc(O)cc(O)c3)cc12. The van der Waals surface area contributed by atoms with Crippen LogP contribution in [0.1, 0.15) is 10.4 Å². The average molecular weight is 299 g/mol. The van der Waals surface area contributed by atoms with E-state index in [0.717, 1.165) is 0 Å². The monoisotopic (exact) mass is 299 g/mol. The lowest BCUT2D eigenvalue weighted by Crippen LogP contribution is -2.17. The van der Waals surface area contributed by atoms with Gasteiger partial charge < -0.3 is 25.1 Å². The third kappa shape index (κ3) is 2.31. The second kappa shape index (κ2) is 5.00. The van der Waals surface area contributed by atoms with Crippen molar-refractivity contribution in [3.63, 3.8) is 0 Å². The van der Waals surface area contributed by atoms with Crippen molar-refractivity contribution >= 4 is 16.9 Å². The number of rotatable bonds is 2. The Balaban J connectivity index is 2.23. The van der Waals surface area contributed by atoms with Gasteiger partial charge in [-0.15, -0.1) is 0 Å². The van der Waals surface area contributed by atoms with Crippen molar-refractivity contribution in [2.24, 2.45) is 0 Å². The molecule has 3 rings (SSSR count). The minimum atomic E-state index is -0.355. The number of fused-ring (bicyclic) bond motifs is 1. The zero-order valence-electron chi connectivity index (χ0n) is 11.6. The minimum absolute atomic E-state index is 0.0919. The van der Waals surface area contributed by atoms with Gasteiger partial charge in [0.05, 0.1) is 5.56 Å². The fourth-order valence-corrected chi connectivity index (χ4v) is 2.33. The number of amides is 1. The Morgan fingerprint density at radius 1 is 0.955 bits per heavy atom. The summed E-state index contributed by atoms with van der Waals surface area (Å²) in [6.07, 6.45) is 0. The molecule has 4 N–H and O–H groups in total. The normalized spacial score (nSPS) is 10.8. The minimum Gasteiger partial charge on any atom is -0.508 e. The number of phenolic OH excluding ortho intramolecular Hbond substituents is 3. The summed E-state index contributed by atoms with van der Waals surface area (Å²) in [6.45, 7) is 0. The number of hydrogen-bond donors (Lipinski definition) is 4. The quantitative estimate of drug-likeness (QED) is 0.582. The van der Waals surface area contributed by atoms with Crippen molar-refractivity contribution in [1.29, 1.82) is 0 Å². The second-order valence-electron chi connectivity index (χ2n) is 4.83. The van der Waals surface area contributed by atoms with Crippen LogP contribution in [0.25, 0.3) is 22.3 Å². The number of benzene rings is 2. The molecule has 0 bridgehead atoms. The maximum atomic E-state index is 11.9. The zero-order chi connectivity index (χ0) is 15.9. The van der Waals surface area contributed by atoms with Gasteiger partial charge in [0, 0.05) is 30.1 Å². The van der Waals surface area contributed by atoms with E-state index in [9.17, 15) is 20.1 Å². The molecule has 6 heteroatoms. The summed E-state index contributed by atoms with van der Waals surface area (Å²) in [5.41, 5.74) is 1.06. The first-order valence-corrected chi connectivity index (χ1v) is 6.50. The molecule has 1 aromatic heterocycles. The number of nitrogens with one attached hydrogen (secondary N) is 1. The highest BCUT2D eigenvalue weighted by molar-refractivity contribution is 6.07. The van der Waals surface area contributed by atoms with E-state index in [4.69, 9.17) is 4.42 Å². The maximum absolute atomic E-state index is 11.9. The lowest BCUT2D eigenvalue weighted by atomic mass is 10.1. The van der Waals surface area contributed by atoms with Crippen LogP contribution < -0.4 is 5.32 Å². The summed E-state index contributed by atoms with van der Waals surface area (Å²) in [5.74, 6) is -0.302. The summed E-state index contributed by atoms with van der Waals surface area (Å²) in [7, 11) is 1.49. The van der Waals surface area contributed by atoms with Gasteiger partial charge >= 0.3 is 0 Å². The van der Waals surface area contributed by atoms with Gasteiger partial charge in [-0.1, -0.05) is 0 Å². The Morgan fingerprint density at radius 2 is 1.59 bits per heavy atom. The Morgan fingerprint density at radius 3 is 2.23 bits per heavy atom. The van der Waals surface area contributed by atoms with E-state index >= 15 is 0 Å². The van der Waals surface area contributed by atoms with Crippen LogP contribution in [0.2, 0.25) is 0 Å². The summed E-state index contributed by atoms with van der Waals surface area (Å²) in [6, 6.07) is 8.42. The first kappa shape index (κ1) is 13.8. The topological polar surface area (TPSA) is 103 Å². The molecule has 2 aromatic carbocycles. The summed E-state index contributed by atoms with van der Waals surface area (Å²) < 4.78 is 5.62. The number of furan rings is 1. The van der Waals surface area contributed by atoms with E-state index in [1.165, 1.54) is 37.4 Å². The van der Waals surface area contributed by atoms with Gasteiger partial charge in [0.25, 0.3) is 5.91 Å². The molecule has 0 aliphatic rings. The molecule has 112 valence electrons. The molecule has 0 saturated heterocycles. The Hall–Kier alpha value is -3.15. The Kier molecular flexibility index (Phi) is 3.14. The van der Waals surface area contributed by atoms with Crippen molar-refractivity contribution in [2.45, 2.75) is 0 Å². The van der Waals surface area contributed by atoms with Crippen LogP contribution in [-0.4, -0.2) is 28.3 Å². The highest BCUT2D eigenvalue weighted by Crippen LogP contribution is 2.35. The molecule has 22 heavy (non-hydrogen) atoms. The second-order valence-corrected chi connectivity index (χ2v) is 4.83. The standard InChI is InChI=1S/C16H13NO5/c1-17-16(21)13-5-11(20)6-15-12(13)7-14(22-15)8-2-9(18)4-10(19)3-8/h2-7,18-20H,1H3,(H,17,21). The molecule has 0 saturated carbocycles. The highest BCUT2D eigenvalue weighted by atomic mass is 16.3. The van der Waals surface area contributed by atoms with Gasteiger partial charge in [-0.25, -0.2) is 0 Å². The number of carbonyl (C=O) groups is 1. The molecule has 0 aliphatic carbocycles. The molecular weight excluding hydrogens is 286 g/mol. The Labute approximate surface area is 125 Å². The lowest BCUT2D eigenvalue weighted by Gasteiger charge is -2.01. The highest BCUT2D eigenvalue weighted by Gasteiger charge is 2.16. The molecule has 1 amide bonds. The molecule has 6 nitrogen and oxygen atoms in total. The predicted molar refractivity (Wildman–Crippen MR) is 80.0 cm³/mol. The van der Waals surface area contributed by atoms with Gasteiger partial charge in [0.15, 0.2) is 0 Å². The number of phenols is 3. The fourth-order valence-electron chi connectivity index (χ4n) is 2.33. The summed E-state index contributed by atoms with van der Waals surface area (Å²) >= 11 is 0. The van der Waals surface area contributed by atoms with Gasteiger partial charge in [-0.2, -0.15) is 0 Å². The van der Waals surface area contributed by atoms with Crippen molar-refractivity contribution in [3.05, 3.63) is 42.0 Å². The first-order valence-electron chi connectivity index (χ1n) is 6.50. The van der Waals surface area contributed by atoms with E-state index in [0.29, 0.717) is 22.3 Å². The van der Waals surface area contributed by atoms with E-state index in [1.54, 1.807) is 6.07 Å². The van der Waals surface area contributed by atoms with Gasteiger partial charge in [0.2, 0.25) is 0 Å². The molecule has 0 unspecified atom stereocenters. The predicted octanol–water partition coefficient (Wildman–Crippen LogP) is 2.58. The largest absolute Gasteiger partial charge is 0.508 e. The van der Waals surface area contributed by atoms with Crippen LogP contribution in [0, 0.1) is 0 Å². The average Bonchev–Trinajstić information content (AvgIpc) is 2.88. The molecule has 0 aliphatic heterocycles. The van der Waals surface area contributed by atoms with E-state index in [1.807, 2.05) is 0 Å². The van der Waals surface area contributed by atoms with Crippen molar-refractivity contribution < 1.29 is 24.5 Å². The molecule has 0 radical (unpaired) electrons. The smallest absolute Gasteiger partial charge is 0.251 e. The molecular formula is C16H13NO5. The molecule has 1 heterocycles. The van der Waals surface area contributed by atoms with E-state index in [-0.39, 0.29) is 28.7 Å². The lowest BCUT2D eigenvalue weighted by molar-refractivity contribution is 0.0964. The van der Waals surface area contributed by atoms with Crippen molar-refractivity contribution in [1.82, 2.24) is 5.32 Å². The van der Waals surface area contributed by atoms with E-state index < -0.39 is 0 Å². The van der Waals surface area contributed by atoms with Gasteiger partial charge in [-0.05, 0) is 24.3 Å². The van der Waals surface area contributed by atoms with E-state index in [2.05, 4.69) is 5.32 Å². The van der Waals surface area contributed by atoms with Crippen LogP contribution in [-0.2, 0) is 0 Å². The zero-order valence-corrected chi connectivity index (χ0v) is 11.6. The van der Waals surface area contributed by atoms with Gasteiger partial charge in [0.1, 0.15) is 28.6 Å². The van der Waals surface area contributed by atoms with Crippen LogP contribution >= 0.6 is 0 Å². The van der Waals surface area contributed by atoms with Gasteiger partial charge in [-0.3, -0.25) is 4.79 Å². The summed E-state index contributed by atoms with van der Waals surface area (Å²) in [5, 5.41) is 31.8. The van der Waals surface area contributed by atoms with Crippen LogP contribution in [0.15, 0.2) is 40.8 Å². The number of carbonyl (C=O) groups excluding carboxylic acids is 1. The summed E-state index contributed by atoms with van der Waals surface area (Å²) in [4.78, 5) is 11.9. The first-order chi connectivity index (χ1) is 10.5. The van der Waals surface area contributed by atoms with Crippen LogP contribution in [0.5, 0.6) is 17.2 Å². The third-order valence-corrected chi connectivity index (χ3v) is 3.28. The van der Waals surface area contributed by atoms with Crippen LogP contribution in [0.3, 0.4) is 0 Å².